The maximum absolute atomic E-state index is 13.9. The average molecular weight is 679 g/mol. The van der Waals surface area contributed by atoms with Crippen molar-refractivity contribution in [3.8, 4) is 28.4 Å². The van der Waals surface area contributed by atoms with Gasteiger partial charge in [0.25, 0.3) is 0 Å². The molecule has 0 aliphatic heterocycles. The maximum Gasteiger partial charge on any atom is 0.249 e. The fraction of sp³-hybridized carbons (Fsp3) is 0.514. The lowest BCUT2D eigenvalue weighted by Crippen LogP contribution is -2.36. The summed E-state index contributed by atoms with van der Waals surface area (Å²) in [6.07, 6.45) is 10.5. The van der Waals surface area contributed by atoms with Crippen LogP contribution in [0.3, 0.4) is 0 Å². The minimum atomic E-state index is -0.731. The number of benzene rings is 1. The highest BCUT2D eigenvalue weighted by molar-refractivity contribution is 7.98. The van der Waals surface area contributed by atoms with Crippen LogP contribution in [0, 0.1) is 5.92 Å². The van der Waals surface area contributed by atoms with Gasteiger partial charge in [-0.25, -0.2) is 0 Å². The summed E-state index contributed by atoms with van der Waals surface area (Å²) in [4.78, 5) is 44.3. The van der Waals surface area contributed by atoms with Crippen LogP contribution in [-0.2, 0) is 22.4 Å². The largest absolute Gasteiger partial charge is 0.493 e. The average Bonchev–Trinajstić information content (AvgIpc) is 3.71. The molecule has 1 aromatic heterocycles. The molecule has 0 radical (unpaired) electrons. The molecule has 4 N–H and O–H groups in total. The molecule has 2 aliphatic rings. The molecule has 13 heteroatoms. The first-order valence-corrected chi connectivity index (χ1v) is 17.9. The van der Waals surface area contributed by atoms with E-state index in [1.807, 2.05) is 18.4 Å². The van der Waals surface area contributed by atoms with Gasteiger partial charge in [-0.15, -0.1) is 5.10 Å². The number of aryl methyl sites for hydroxylation is 2. The van der Waals surface area contributed by atoms with Crippen molar-refractivity contribution in [2.24, 2.45) is 5.92 Å². The molecule has 3 aromatic rings. The van der Waals surface area contributed by atoms with E-state index in [0.717, 1.165) is 35.7 Å². The molecule has 0 bridgehead atoms. The number of anilines is 2. The van der Waals surface area contributed by atoms with Gasteiger partial charge in [-0.05, 0) is 78.5 Å². The Labute approximate surface area is 285 Å². The van der Waals surface area contributed by atoms with E-state index in [0.29, 0.717) is 53.4 Å². The van der Waals surface area contributed by atoms with Crippen LogP contribution in [0.4, 0.5) is 11.6 Å². The van der Waals surface area contributed by atoms with Crippen LogP contribution in [0.15, 0.2) is 29.1 Å². The number of rotatable bonds is 14. The summed E-state index contributed by atoms with van der Waals surface area (Å²) in [5.41, 5.74) is 2.97. The van der Waals surface area contributed by atoms with Gasteiger partial charge in [-0.2, -0.15) is 16.7 Å². The van der Waals surface area contributed by atoms with Crippen molar-refractivity contribution in [2.45, 2.75) is 76.8 Å². The van der Waals surface area contributed by atoms with Crippen LogP contribution >= 0.6 is 11.8 Å². The van der Waals surface area contributed by atoms with Crippen molar-refractivity contribution in [3.05, 3.63) is 51.4 Å². The quantitative estimate of drug-likeness (QED) is 0.177. The zero-order valence-electron chi connectivity index (χ0n) is 28.4. The topological polar surface area (TPSA) is 157 Å². The lowest BCUT2D eigenvalue weighted by Gasteiger charge is -2.19. The van der Waals surface area contributed by atoms with Gasteiger partial charge in [0.15, 0.2) is 11.5 Å². The highest BCUT2D eigenvalue weighted by atomic mass is 32.2. The normalized spacial score (nSPS) is 16.2. The van der Waals surface area contributed by atoms with Crippen LogP contribution in [0.25, 0.3) is 11.1 Å². The zero-order chi connectivity index (χ0) is 34.2. The van der Waals surface area contributed by atoms with Crippen molar-refractivity contribution in [3.63, 3.8) is 0 Å². The summed E-state index contributed by atoms with van der Waals surface area (Å²) < 4.78 is 17.2. The van der Waals surface area contributed by atoms with Gasteiger partial charge in [-0.3, -0.25) is 24.8 Å². The monoisotopic (exact) mass is 678 g/mol. The Morgan fingerprint density at radius 1 is 1.06 bits per heavy atom. The minimum Gasteiger partial charge on any atom is -0.493 e. The van der Waals surface area contributed by atoms with E-state index in [1.165, 1.54) is 32.6 Å². The van der Waals surface area contributed by atoms with E-state index in [1.54, 1.807) is 45.2 Å². The Morgan fingerprint density at radius 2 is 1.83 bits per heavy atom. The third kappa shape index (κ3) is 8.05. The van der Waals surface area contributed by atoms with Crippen molar-refractivity contribution in [1.29, 1.82) is 0 Å². The number of hydrogen-bond acceptors (Lipinski definition) is 10. The van der Waals surface area contributed by atoms with Crippen LogP contribution in [0.5, 0.6) is 17.2 Å². The molecule has 0 unspecified atom stereocenters. The number of methoxy groups -OCH3 is 3. The third-order valence-electron chi connectivity index (χ3n) is 9.20. The molecule has 1 heterocycles. The number of fused-ring (bicyclic) bond motifs is 3. The number of nitrogens with one attached hydrogen (secondary N) is 4. The fourth-order valence-corrected chi connectivity index (χ4v) is 7.29. The highest BCUT2D eigenvalue weighted by Crippen LogP contribution is 2.50. The van der Waals surface area contributed by atoms with Gasteiger partial charge in [0, 0.05) is 18.9 Å². The van der Waals surface area contributed by atoms with Gasteiger partial charge in [0.05, 0.1) is 33.1 Å². The lowest BCUT2D eigenvalue weighted by molar-refractivity contribution is -0.120. The maximum atomic E-state index is 13.9. The molecular weight excluding hydrogens is 632 g/mol. The molecule has 1 saturated carbocycles. The number of H-pyrrole nitrogens is 1. The number of hydrogen-bond donors (Lipinski definition) is 4. The predicted octanol–water partition coefficient (Wildman–Crippen LogP) is 5.28. The summed E-state index contributed by atoms with van der Waals surface area (Å²) in [7, 11) is 4.67. The van der Waals surface area contributed by atoms with E-state index in [4.69, 9.17) is 14.2 Å². The number of carbonyl (C=O) groups excluding carboxylic acids is 2. The summed E-state index contributed by atoms with van der Waals surface area (Å²) >= 11 is 1.61. The molecule has 2 aliphatic carbocycles. The number of nitrogens with zero attached hydrogens (tertiary/aromatic N) is 2. The predicted molar refractivity (Wildman–Crippen MR) is 188 cm³/mol. The van der Waals surface area contributed by atoms with Crippen LogP contribution < -0.4 is 35.6 Å². The van der Waals surface area contributed by atoms with Crippen LogP contribution in [-0.4, -0.2) is 66.4 Å². The molecule has 258 valence electrons. The van der Waals surface area contributed by atoms with Gasteiger partial charge in [0.1, 0.15) is 11.9 Å². The van der Waals surface area contributed by atoms with Gasteiger partial charge in [-0.1, -0.05) is 31.7 Å². The second kappa shape index (κ2) is 16.2. The fourth-order valence-electron chi connectivity index (χ4n) is 6.82. The second-order valence-electron chi connectivity index (χ2n) is 12.4. The molecule has 0 spiro atoms. The summed E-state index contributed by atoms with van der Waals surface area (Å²) in [5, 5.41) is 16.3. The lowest BCUT2D eigenvalue weighted by atomic mass is 9.95. The van der Waals surface area contributed by atoms with E-state index >= 15 is 0 Å². The number of aromatic amines is 1. The van der Waals surface area contributed by atoms with Gasteiger partial charge < -0.3 is 24.8 Å². The molecule has 12 nitrogen and oxygen atoms in total. The number of aromatic nitrogens is 3. The Morgan fingerprint density at radius 3 is 2.52 bits per heavy atom. The highest BCUT2D eigenvalue weighted by Gasteiger charge is 2.30. The number of ether oxygens (including phenoxy) is 3. The number of thioether (sulfide) groups is 1. The smallest absolute Gasteiger partial charge is 0.249 e. The standard InChI is InChI=1S/C35H46N6O6S/c1-20(42)36-25-13-11-22-18-29(45-2)32(46-3)33(47-4)31(22)23-12-14-26(28(43)19-24(23)25)37-27(16-17-48-5)34(44)39-35-38-30(40-41-35)15-10-21-8-6-7-9-21/h12,14,18-19,21,25,27H,6-11,13,15-17H2,1-5H3,(H,36,42)(H,37,43)(H2,38,39,40,41,44)/t25-,27-/m0/s1. The van der Waals surface area contributed by atoms with E-state index in [-0.39, 0.29) is 28.9 Å². The van der Waals surface area contributed by atoms with Crippen molar-refractivity contribution in [1.82, 2.24) is 20.5 Å². The first-order valence-electron chi connectivity index (χ1n) is 16.5. The summed E-state index contributed by atoms with van der Waals surface area (Å²) in [6, 6.07) is 5.80. The van der Waals surface area contributed by atoms with Crippen molar-refractivity contribution >= 4 is 35.2 Å². The molecule has 48 heavy (non-hydrogen) atoms. The molecule has 1 fully saturated rings. The van der Waals surface area contributed by atoms with Crippen molar-refractivity contribution < 1.29 is 23.8 Å². The zero-order valence-corrected chi connectivity index (χ0v) is 29.2. The first-order chi connectivity index (χ1) is 23.3. The minimum absolute atomic E-state index is 0.209. The second-order valence-corrected chi connectivity index (χ2v) is 13.3. The van der Waals surface area contributed by atoms with Gasteiger partial charge in [0.2, 0.25) is 28.9 Å². The molecule has 2 atom stereocenters. The van der Waals surface area contributed by atoms with E-state index < -0.39 is 12.1 Å². The summed E-state index contributed by atoms with van der Waals surface area (Å²) in [5.74, 6) is 3.26. The first kappa shape index (κ1) is 35.1. The molecular formula is C35H46N6O6S. The molecule has 0 saturated heterocycles. The number of carbonyl (C=O) groups is 2. The number of amides is 2. The Bertz CT molecular complexity index is 1670. The van der Waals surface area contributed by atoms with Gasteiger partial charge >= 0.3 is 0 Å². The third-order valence-corrected chi connectivity index (χ3v) is 9.85. The summed E-state index contributed by atoms with van der Waals surface area (Å²) in [6.45, 7) is 1.46. The molecule has 5 rings (SSSR count). The Balaban J connectivity index is 1.47. The molecule has 2 aromatic carbocycles. The van der Waals surface area contributed by atoms with E-state index in [9.17, 15) is 14.4 Å². The Kier molecular flexibility index (Phi) is 11.9. The van der Waals surface area contributed by atoms with Crippen LogP contribution in [0.2, 0.25) is 0 Å². The SMILES string of the molecule is COc1cc2c(c(OC)c1OC)-c1ccc(N[C@@H](CCSC)C(=O)Nc3n[nH]c(CCC4CCCC4)n3)c(=O)cc1[C@@H](NC(C)=O)CC2. The molecule has 2 amide bonds. The Hall–Kier alpha value is -4.26. The van der Waals surface area contributed by atoms with Crippen molar-refractivity contribution in [2.75, 3.05) is 44.0 Å². The van der Waals surface area contributed by atoms with Crippen LogP contribution in [0.1, 0.15) is 74.9 Å². The van der Waals surface area contributed by atoms with E-state index in [2.05, 4.69) is 31.1 Å².